The van der Waals surface area contributed by atoms with Crippen molar-refractivity contribution in [3.8, 4) is 0 Å². The Bertz CT molecular complexity index is 306. The van der Waals surface area contributed by atoms with Gasteiger partial charge >= 0.3 is 5.97 Å². The first-order chi connectivity index (χ1) is 7.49. The summed E-state index contributed by atoms with van der Waals surface area (Å²) in [6.45, 7) is -0.456. The number of hydrogen-bond acceptors (Lipinski definition) is 5. The van der Waals surface area contributed by atoms with E-state index >= 15 is 0 Å². The van der Waals surface area contributed by atoms with E-state index in [1.165, 1.54) is 0 Å². The monoisotopic (exact) mass is 249 g/mol. The van der Waals surface area contributed by atoms with E-state index in [9.17, 15) is 14.4 Å². The number of aliphatic hydroxyl groups is 1. The van der Waals surface area contributed by atoms with Gasteiger partial charge in [-0.05, 0) is 0 Å². The lowest BCUT2D eigenvalue weighted by Gasteiger charge is -2.36. The molecule has 0 aromatic rings. The number of aliphatic hydroxyl groups excluding tert-OH is 1. The third kappa shape index (κ3) is 2.17. The molecule has 0 aromatic heterocycles. The number of amides is 1. The number of rotatable bonds is 3. The van der Waals surface area contributed by atoms with Crippen molar-refractivity contribution in [2.45, 2.75) is 12.0 Å². The van der Waals surface area contributed by atoms with Gasteiger partial charge in [-0.2, -0.15) is 0 Å². The van der Waals surface area contributed by atoms with Crippen molar-refractivity contribution in [1.82, 2.24) is 5.32 Å². The van der Waals surface area contributed by atoms with Gasteiger partial charge in [0.25, 0.3) is 0 Å². The van der Waals surface area contributed by atoms with Crippen LogP contribution in [0.2, 0.25) is 0 Å². The van der Waals surface area contributed by atoms with Crippen LogP contribution < -0.4 is 5.32 Å². The molecule has 0 aromatic carbocycles. The maximum atomic E-state index is 11.6. The number of halogens is 1. The van der Waals surface area contributed by atoms with Gasteiger partial charge in [-0.15, -0.1) is 11.6 Å². The molecule has 1 amide bonds. The Kier molecular flexibility index (Phi) is 3.88. The lowest BCUT2D eigenvalue weighted by atomic mass is 9.84. The van der Waals surface area contributed by atoms with E-state index in [1.807, 2.05) is 0 Å². The number of esters is 1. The molecular formula is C9H12ClNO5. The summed E-state index contributed by atoms with van der Waals surface area (Å²) < 4.78 is 4.35. The molecule has 1 heterocycles. The van der Waals surface area contributed by atoms with Crippen molar-refractivity contribution >= 4 is 29.3 Å². The fourth-order valence-electron chi connectivity index (χ4n) is 1.53. The molecule has 7 heteroatoms. The summed E-state index contributed by atoms with van der Waals surface area (Å²) in [5.74, 6) is -3.82. The molecule has 2 unspecified atom stereocenters. The number of nitrogens with one attached hydrogen (secondary N) is 1. The summed E-state index contributed by atoms with van der Waals surface area (Å²) in [5, 5.41) is 11.5. The van der Waals surface area contributed by atoms with E-state index in [1.54, 1.807) is 0 Å². The summed E-state index contributed by atoms with van der Waals surface area (Å²) in [4.78, 5) is 34.3. The number of ether oxygens (including phenoxy) is 1. The van der Waals surface area contributed by atoms with Crippen LogP contribution in [0.15, 0.2) is 0 Å². The zero-order valence-corrected chi connectivity index (χ0v) is 9.41. The van der Waals surface area contributed by atoms with Gasteiger partial charge in [0, 0.05) is 12.3 Å². The Morgan fingerprint density at radius 2 is 2.31 bits per heavy atom. The first kappa shape index (κ1) is 12.9. The second kappa shape index (κ2) is 4.80. The summed E-state index contributed by atoms with van der Waals surface area (Å²) in [6.07, 6.45) is -0.182. The third-order valence-corrected chi connectivity index (χ3v) is 2.99. The standard InChI is InChI=1S/C9H12ClNO5/c1-16-8(15)6-5(13)2-9(3-10,4-12)11-7(6)14/h6,12H,2-4H2,1H3,(H,11,14). The second-order valence-electron chi connectivity index (χ2n) is 3.66. The van der Waals surface area contributed by atoms with E-state index in [2.05, 4.69) is 10.1 Å². The maximum absolute atomic E-state index is 11.6. The summed E-state index contributed by atoms with van der Waals surface area (Å²) in [7, 11) is 1.10. The van der Waals surface area contributed by atoms with Gasteiger partial charge in [-0.1, -0.05) is 0 Å². The van der Waals surface area contributed by atoms with Gasteiger partial charge < -0.3 is 15.2 Å². The number of hydrogen-bond donors (Lipinski definition) is 2. The highest BCUT2D eigenvalue weighted by Crippen LogP contribution is 2.22. The van der Waals surface area contributed by atoms with Gasteiger partial charge in [0.2, 0.25) is 5.91 Å². The Balaban J connectivity index is 2.91. The normalized spacial score (nSPS) is 29.8. The third-order valence-electron chi connectivity index (χ3n) is 2.48. The average molecular weight is 250 g/mol. The smallest absolute Gasteiger partial charge is 0.325 e. The lowest BCUT2D eigenvalue weighted by Crippen LogP contribution is -2.62. The molecule has 1 rings (SSSR count). The Morgan fingerprint density at radius 1 is 1.69 bits per heavy atom. The maximum Gasteiger partial charge on any atom is 0.325 e. The highest BCUT2D eigenvalue weighted by molar-refractivity contribution is 6.22. The van der Waals surface area contributed by atoms with Gasteiger partial charge in [0.05, 0.1) is 19.3 Å². The number of piperidine rings is 1. The highest BCUT2D eigenvalue weighted by atomic mass is 35.5. The van der Waals surface area contributed by atoms with Crippen LogP contribution in [0.5, 0.6) is 0 Å². The number of carbonyl (C=O) groups is 3. The van der Waals surface area contributed by atoms with Gasteiger partial charge in [-0.25, -0.2) is 0 Å². The second-order valence-corrected chi connectivity index (χ2v) is 3.93. The largest absolute Gasteiger partial charge is 0.468 e. The van der Waals surface area contributed by atoms with E-state index in [4.69, 9.17) is 16.7 Å². The fraction of sp³-hybridized carbons (Fsp3) is 0.667. The number of ketones is 1. The van der Waals surface area contributed by atoms with Crippen LogP contribution in [0.4, 0.5) is 0 Å². The number of Topliss-reactive ketones (excluding diaryl/α,β-unsaturated/α-hetero) is 1. The molecule has 16 heavy (non-hydrogen) atoms. The molecule has 1 aliphatic heterocycles. The minimum absolute atomic E-state index is 0.102. The lowest BCUT2D eigenvalue weighted by molar-refractivity contribution is -0.157. The van der Waals surface area contributed by atoms with Gasteiger partial charge in [-0.3, -0.25) is 14.4 Å². The minimum atomic E-state index is -1.45. The fourth-order valence-corrected chi connectivity index (χ4v) is 1.78. The van der Waals surface area contributed by atoms with Gasteiger partial charge in [0.15, 0.2) is 11.7 Å². The first-order valence-corrected chi connectivity index (χ1v) is 5.12. The highest BCUT2D eigenvalue weighted by Gasteiger charge is 2.47. The molecule has 0 radical (unpaired) electrons. The molecule has 6 nitrogen and oxygen atoms in total. The molecule has 90 valence electrons. The molecule has 1 aliphatic rings. The topological polar surface area (TPSA) is 92.7 Å². The van der Waals surface area contributed by atoms with Crippen molar-refractivity contribution in [2.75, 3.05) is 19.6 Å². The van der Waals surface area contributed by atoms with Crippen LogP contribution in [-0.2, 0) is 19.1 Å². The van der Waals surface area contributed by atoms with Crippen molar-refractivity contribution in [3.05, 3.63) is 0 Å². The molecule has 0 saturated carbocycles. The predicted octanol–water partition coefficient (Wildman–Crippen LogP) is -1.17. The minimum Gasteiger partial charge on any atom is -0.468 e. The molecule has 0 bridgehead atoms. The van der Waals surface area contributed by atoms with E-state index in [0.29, 0.717) is 0 Å². The molecule has 0 spiro atoms. The van der Waals surface area contributed by atoms with Crippen LogP contribution in [0, 0.1) is 5.92 Å². The van der Waals surface area contributed by atoms with Crippen molar-refractivity contribution in [3.63, 3.8) is 0 Å². The van der Waals surface area contributed by atoms with Crippen LogP contribution in [0.1, 0.15) is 6.42 Å². The number of carbonyl (C=O) groups excluding carboxylic acids is 3. The Morgan fingerprint density at radius 3 is 2.69 bits per heavy atom. The molecule has 1 saturated heterocycles. The average Bonchev–Trinajstić information content (AvgIpc) is 2.27. The zero-order valence-electron chi connectivity index (χ0n) is 8.66. The molecule has 0 aliphatic carbocycles. The summed E-state index contributed by atoms with van der Waals surface area (Å²) in [6, 6.07) is 0. The molecular weight excluding hydrogens is 238 g/mol. The van der Waals surface area contributed by atoms with Crippen LogP contribution >= 0.6 is 11.6 Å². The van der Waals surface area contributed by atoms with Gasteiger partial charge in [0.1, 0.15) is 0 Å². The Hall–Kier alpha value is -1.14. The van der Waals surface area contributed by atoms with E-state index in [-0.39, 0.29) is 12.3 Å². The molecule has 2 N–H and O–H groups in total. The number of alkyl halides is 1. The van der Waals surface area contributed by atoms with Crippen molar-refractivity contribution in [1.29, 1.82) is 0 Å². The van der Waals surface area contributed by atoms with Crippen molar-refractivity contribution in [2.24, 2.45) is 5.92 Å². The predicted molar refractivity (Wildman–Crippen MR) is 53.8 cm³/mol. The Labute approximate surface area is 96.9 Å². The summed E-state index contributed by atoms with van der Waals surface area (Å²) >= 11 is 5.59. The molecule has 2 atom stereocenters. The van der Waals surface area contributed by atoms with E-state index in [0.717, 1.165) is 7.11 Å². The van der Waals surface area contributed by atoms with E-state index < -0.39 is 35.7 Å². The first-order valence-electron chi connectivity index (χ1n) is 4.59. The summed E-state index contributed by atoms with van der Waals surface area (Å²) in [5.41, 5.74) is -1.17. The quantitative estimate of drug-likeness (QED) is 0.374. The van der Waals surface area contributed by atoms with Crippen LogP contribution in [-0.4, -0.2) is 47.9 Å². The van der Waals surface area contributed by atoms with Crippen LogP contribution in [0.25, 0.3) is 0 Å². The zero-order chi connectivity index (χ0) is 12.3. The van der Waals surface area contributed by atoms with Crippen molar-refractivity contribution < 1.29 is 24.2 Å². The van der Waals surface area contributed by atoms with Crippen LogP contribution in [0.3, 0.4) is 0 Å². The number of methoxy groups -OCH3 is 1. The SMILES string of the molecule is COC(=O)C1C(=O)CC(CO)(CCl)NC1=O. The molecule has 1 fully saturated rings.